The van der Waals surface area contributed by atoms with Crippen molar-refractivity contribution >= 4 is 30.8 Å². The summed E-state index contributed by atoms with van der Waals surface area (Å²) in [6.45, 7) is 15.3. The number of nitrogens with one attached hydrogen (secondary N) is 3. The molecular weight excluding hydrogens is 549 g/mol. The summed E-state index contributed by atoms with van der Waals surface area (Å²) >= 11 is 0. The Kier molecular flexibility index (Phi) is 10.6. The number of ketones is 1. The zero-order valence-corrected chi connectivity index (χ0v) is 27.5. The van der Waals surface area contributed by atoms with Crippen LogP contribution in [0.3, 0.4) is 0 Å². The average molecular weight is 604 g/mol. The number of amides is 3. The van der Waals surface area contributed by atoms with E-state index >= 15 is 0 Å². The van der Waals surface area contributed by atoms with E-state index in [1.165, 1.54) is 6.42 Å². The van der Waals surface area contributed by atoms with E-state index in [-0.39, 0.29) is 53.5 Å². The number of carbonyl (C=O) groups is 4. The molecule has 4 aliphatic carbocycles. The first-order chi connectivity index (χ1) is 20.1. The van der Waals surface area contributed by atoms with Gasteiger partial charge in [-0.1, -0.05) is 47.0 Å². The van der Waals surface area contributed by atoms with Crippen molar-refractivity contribution < 1.29 is 33.2 Å². The SMILES string of the molecule is CCC(NC(=O)C(C)CC(=O)C(NC(=O)OC(C)(C)C)C1CCCCC1)C(=O)NC(C)B1OC2CC3CC(C2O1)C3(C)C. The minimum atomic E-state index is -0.753. The largest absolute Gasteiger partial charge is 0.481 e. The van der Waals surface area contributed by atoms with E-state index in [1.807, 2.05) is 13.8 Å². The molecule has 1 aliphatic heterocycles. The van der Waals surface area contributed by atoms with Crippen LogP contribution in [0.15, 0.2) is 0 Å². The Morgan fingerprint density at radius 1 is 0.953 bits per heavy atom. The molecule has 0 aromatic carbocycles. The highest BCUT2D eigenvalue weighted by Gasteiger charge is 2.62. The highest BCUT2D eigenvalue weighted by atomic mass is 16.7. The van der Waals surface area contributed by atoms with Crippen LogP contribution in [0.4, 0.5) is 4.79 Å². The minimum absolute atomic E-state index is 0.0143. The molecule has 11 heteroatoms. The molecule has 5 aliphatic rings. The number of hydrogen-bond donors (Lipinski definition) is 3. The number of carbonyl (C=O) groups excluding carboxylic acids is 4. The van der Waals surface area contributed by atoms with E-state index in [0.717, 1.165) is 38.5 Å². The molecular formula is C32H54BN3O7. The van der Waals surface area contributed by atoms with Gasteiger partial charge < -0.3 is 30.0 Å². The van der Waals surface area contributed by atoms with Crippen LogP contribution in [-0.2, 0) is 28.4 Å². The van der Waals surface area contributed by atoms with Gasteiger partial charge in [0.05, 0.1) is 24.2 Å². The topological polar surface area (TPSA) is 132 Å². The first kappa shape index (κ1) is 33.8. The van der Waals surface area contributed by atoms with Gasteiger partial charge in [-0.15, -0.1) is 0 Å². The molecule has 242 valence electrons. The van der Waals surface area contributed by atoms with E-state index in [0.29, 0.717) is 18.3 Å². The lowest BCUT2D eigenvalue weighted by molar-refractivity contribution is -0.150. The first-order valence-electron chi connectivity index (χ1n) is 16.5. The van der Waals surface area contributed by atoms with Crippen LogP contribution in [0.2, 0.25) is 0 Å². The molecule has 0 spiro atoms. The minimum Gasteiger partial charge on any atom is -0.444 e. The Morgan fingerprint density at radius 3 is 2.23 bits per heavy atom. The van der Waals surface area contributed by atoms with E-state index in [2.05, 4.69) is 29.8 Å². The Bertz CT molecular complexity index is 1040. The lowest BCUT2D eigenvalue weighted by Gasteiger charge is -2.60. The predicted octanol–water partition coefficient (Wildman–Crippen LogP) is 4.33. The molecule has 5 fully saturated rings. The summed E-state index contributed by atoms with van der Waals surface area (Å²) in [6.07, 6.45) is 6.84. The monoisotopic (exact) mass is 603 g/mol. The summed E-state index contributed by atoms with van der Waals surface area (Å²) in [5.41, 5.74) is -0.417. The number of ether oxygens (including phenoxy) is 1. The molecule has 3 amide bonds. The second-order valence-corrected chi connectivity index (χ2v) is 15.1. The van der Waals surface area contributed by atoms with Gasteiger partial charge in [0.1, 0.15) is 11.6 Å². The van der Waals surface area contributed by atoms with Gasteiger partial charge in [0.15, 0.2) is 5.78 Å². The smallest absolute Gasteiger partial charge is 0.444 e. The fraction of sp³-hybridized carbons (Fsp3) is 0.875. The van der Waals surface area contributed by atoms with Gasteiger partial charge in [0.2, 0.25) is 11.8 Å². The Balaban J connectivity index is 1.29. The van der Waals surface area contributed by atoms with E-state index in [9.17, 15) is 19.2 Å². The molecule has 2 bridgehead atoms. The standard InChI is InChI=1S/C32H54BN3O7/c1-9-23(29(39)34-19(3)33-42-25-17-21-16-22(27(25)43-33)32(21,7)8)35-28(38)18(2)15-24(37)26(20-13-11-10-12-14-20)36-30(40)41-31(4,5)6/h18-23,25-27H,9-17H2,1-8H3,(H,34,39)(H,35,38)(H,36,40). The summed E-state index contributed by atoms with van der Waals surface area (Å²) in [6, 6.07) is -1.46. The maximum Gasteiger partial charge on any atom is 0.481 e. The number of hydrogen-bond acceptors (Lipinski definition) is 7. The molecule has 0 radical (unpaired) electrons. The van der Waals surface area contributed by atoms with Crippen LogP contribution in [0.1, 0.15) is 113 Å². The number of rotatable bonds is 11. The molecule has 3 N–H and O–H groups in total. The fourth-order valence-corrected chi connectivity index (χ4v) is 7.54. The van der Waals surface area contributed by atoms with E-state index in [4.69, 9.17) is 14.0 Å². The van der Waals surface area contributed by atoms with Crippen LogP contribution in [0.5, 0.6) is 0 Å². The fourth-order valence-electron chi connectivity index (χ4n) is 7.54. The number of alkyl carbamates (subject to hydrolysis) is 1. The summed E-state index contributed by atoms with van der Waals surface area (Å²) < 4.78 is 18.0. The average Bonchev–Trinajstić information content (AvgIpc) is 3.38. The quantitative estimate of drug-likeness (QED) is 0.300. The van der Waals surface area contributed by atoms with Crippen molar-refractivity contribution in [2.45, 2.75) is 149 Å². The summed E-state index contributed by atoms with van der Waals surface area (Å²) in [4.78, 5) is 52.4. The molecule has 43 heavy (non-hydrogen) atoms. The van der Waals surface area contributed by atoms with Crippen LogP contribution in [0.25, 0.3) is 0 Å². The lowest BCUT2D eigenvalue weighted by Crippen LogP contribution is -2.59. The first-order valence-corrected chi connectivity index (χ1v) is 16.5. The van der Waals surface area contributed by atoms with Crippen molar-refractivity contribution in [1.29, 1.82) is 0 Å². The maximum atomic E-state index is 13.5. The summed E-state index contributed by atoms with van der Waals surface area (Å²) in [7, 11) is -0.520. The van der Waals surface area contributed by atoms with Crippen molar-refractivity contribution in [2.75, 3.05) is 0 Å². The van der Waals surface area contributed by atoms with Gasteiger partial charge in [0.25, 0.3) is 0 Å². The van der Waals surface area contributed by atoms with Crippen LogP contribution in [0, 0.1) is 29.1 Å². The van der Waals surface area contributed by atoms with Gasteiger partial charge in [0, 0.05) is 12.3 Å². The molecule has 0 aromatic rings. The van der Waals surface area contributed by atoms with Crippen molar-refractivity contribution in [3.63, 3.8) is 0 Å². The van der Waals surface area contributed by atoms with E-state index in [1.54, 1.807) is 27.7 Å². The Labute approximate surface area is 258 Å². The third kappa shape index (κ3) is 7.94. The zero-order chi connectivity index (χ0) is 31.7. The highest BCUT2D eigenvalue weighted by molar-refractivity contribution is 6.47. The number of Topliss-reactive ketones (excluding diaryl/α,β-unsaturated/α-hetero) is 1. The molecule has 1 heterocycles. The van der Waals surface area contributed by atoms with Gasteiger partial charge >= 0.3 is 13.2 Å². The van der Waals surface area contributed by atoms with Crippen molar-refractivity contribution in [2.24, 2.45) is 29.1 Å². The van der Waals surface area contributed by atoms with E-state index < -0.39 is 36.8 Å². The van der Waals surface area contributed by atoms with Crippen LogP contribution < -0.4 is 16.0 Å². The highest BCUT2D eigenvalue weighted by Crippen LogP contribution is 2.61. The van der Waals surface area contributed by atoms with Gasteiger partial charge in [-0.3, -0.25) is 14.4 Å². The maximum absolute atomic E-state index is 13.5. The molecule has 4 saturated carbocycles. The second-order valence-electron chi connectivity index (χ2n) is 15.1. The van der Waals surface area contributed by atoms with Crippen molar-refractivity contribution in [3.8, 4) is 0 Å². The molecule has 8 atom stereocenters. The van der Waals surface area contributed by atoms with Gasteiger partial charge in [-0.25, -0.2) is 4.79 Å². The van der Waals surface area contributed by atoms with Crippen molar-refractivity contribution in [1.82, 2.24) is 16.0 Å². The van der Waals surface area contributed by atoms with Crippen LogP contribution in [-0.4, -0.2) is 66.6 Å². The third-order valence-electron chi connectivity index (χ3n) is 10.3. The molecule has 10 nitrogen and oxygen atoms in total. The second kappa shape index (κ2) is 13.5. The lowest BCUT2D eigenvalue weighted by atomic mass is 9.47. The molecule has 8 unspecified atom stereocenters. The molecule has 0 aromatic heterocycles. The van der Waals surface area contributed by atoms with Gasteiger partial charge in [-0.05, 0) is 83.0 Å². The van der Waals surface area contributed by atoms with Crippen LogP contribution >= 0.6 is 0 Å². The predicted molar refractivity (Wildman–Crippen MR) is 164 cm³/mol. The Morgan fingerprint density at radius 2 is 1.63 bits per heavy atom. The summed E-state index contributed by atoms with van der Waals surface area (Å²) in [5, 5.41) is 8.63. The third-order valence-corrected chi connectivity index (χ3v) is 10.3. The molecule has 5 rings (SSSR count). The normalized spacial score (nSPS) is 29.3. The molecule has 1 saturated heterocycles. The van der Waals surface area contributed by atoms with Gasteiger partial charge in [-0.2, -0.15) is 0 Å². The van der Waals surface area contributed by atoms with Crippen molar-refractivity contribution in [3.05, 3.63) is 0 Å². The Hall–Kier alpha value is -2.14. The summed E-state index contributed by atoms with van der Waals surface area (Å²) in [5.74, 6) is -0.760. The zero-order valence-electron chi connectivity index (χ0n) is 27.5.